The summed E-state index contributed by atoms with van der Waals surface area (Å²) in [5.41, 5.74) is 2.15. The standard InChI is InChI=1S/C20H18N2O5S2/c1-27-20(24)18-16(13-7-4-3-5-8-13)12-17(28-18)19(23)21-14-9-6-10-15(11-14)22-29(2,25)26/h3-12,22H,1-2H3,(H,21,23). The normalized spacial score (nSPS) is 11.0. The van der Waals surface area contributed by atoms with E-state index in [4.69, 9.17) is 4.74 Å². The molecule has 9 heteroatoms. The quantitative estimate of drug-likeness (QED) is 0.579. The van der Waals surface area contributed by atoms with Crippen molar-refractivity contribution in [3.63, 3.8) is 0 Å². The maximum atomic E-state index is 12.7. The summed E-state index contributed by atoms with van der Waals surface area (Å²) in [5.74, 6) is -0.939. The van der Waals surface area contributed by atoms with E-state index in [1.165, 1.54) is 13.2 Å². The Balaban J connectivity index is 1.89. The van der Waals surface area contributed by atoms with Crippen LogP contribution in [0.5, 0.6) is 0 Å². The number of carbonyl (C=O) groups excluding carboxylic acids is 2. The molecule has 0 radical (unpaired) electrons. The van der Waals surface area contributed by atoms with Gasteiger partial charge >= 0.3 is 5.97 Å². The van der Waals surface area contributed by atoms with Crippen molar-refractivity contribution in [2.24, 2.45) is 0 Å². The van der Waals surface area contributed by atoms with Crippen molar-refractivity contribution < 1.29 is 22.7 Å². The number of carbonyl (C=O) groups is 2. The van der Waals surface area contributed by atoms with E-state index < -0.39 is 21.9 Å². The number of hydrogen-bond donors (Lipinski definition) is 2. The number of benzene rings is 2. The van der Waals surface area contributed by atoms with E-state index in [1.807, 2.05) is 30.3 Å². The Labute approximate surface area is 172 Å². The maximum absolute atomic E-state index is 12.7. The molecule has 1 aromatic heterocycles. The molecule has 2 aromatic carbocycles. The lowest BCUT2D eigenvalue weighted by atomic mass is 10.1. The second-order valence-corrected chi connectivity index (χ2v) is 8.92. The Morgan fingerprint density at radius 3 is 2.31 bits per heavy atom. The van der Waals surface area contributed by atoms with E-state index in [9.17, 15) is 18.0 Å². The largest absolute Gasteiger partial charge is 0.465 e. The Morgan fingerprint density at radius 2 is 1.66 bits per heavy atom. The monoisotopic (exact) mass is 430 g/mol. The topological polar surface area (TPSA) is 102 Å². The fraction of sp³-hybridized carbons (Fsp3) is 0.100. The first kappa shape index (κ1) is 20.6. The molecule has 0 fully saturated rings. The van der Waals surface area contributed by atoms with Gasteiger partial charge in [0.1, 0.15) is 4.88 Å². The third-order valence-corrected chi connectivity index (χ3v) is 5.56. The fourth-order valence-electron chi connectivity index (χ4n) is 2.65. The number of amides is 1. The predicted octanol–water partition coefficient (Wildman–Crippen LogP) is 3.83. The van der Waals surface area contributed by atoms with Crippen molar-refractivity contribution in [2.45, 2.75) is 0 Å². The van der Waals surface area contributed by atoms with Crippen LogP contribution in [0.2, 0.25) is 0 Å². The lowest BCUT2D eigenvalue weighted by molar-refractivity contribution is 0.0607. The number of esters is 1. The average molecular weight is 431 g/mol. The van der Waals surface area contributed by atoms with Gasteiger partial charge in [-0.2, -0.15) is 0 Å². The van der Waals surface area contributed by atoms with Gasteiger partial charge in [0.05, 0.1) is 23.9 Å². The number of rotatable bonds is 6. The van der Waals surface area contributed by atoms with E-state index >= 15 is 0 Å². The zero-order chi connectivity index (χ0) is 21.0. The Bertz CT molecular complexity index is 1150. The summed E-state index contributed by atoms with van der Waals surface area (Å²) in [4.78, 5) is 25.6. The molecule has 0 saturated heterocycles. The van der Waals surface area contributed by atoms with Gasteiger partial charge in [-0.15, -0.1) is 11.3 Å². The van der Waals surface area contributed by atoms with Gasteiger partial charge < -0.3 is 10.1 Å². The molecule has 0 unspecified atom stereocenters. The van der Waals surface area contributed by atoms with Crippen molar-refractivity contribution in [3.8, 4) is 11.1 Å². The first-order valence-electron chi connectivity index (χ1n) is 8.43. The molecule has 0 aliphatic heterocycles. The molecule has 2 N–H and O–H groups in total. The molecule has 1 amide bonds. The molecule has 29 heavy (non-hydrogen) atoms. The number of nitrogens with one attached hydrogen (secondary N) is 2. The number of thiophene rings is 1. The Morgan fingerprint density at radius 1 is 0.966 bits per heavy atom. The highest BCUT2D eigenvalue weighted by atomic mass is 32.2. The van der Waals surface area contributed by atoms with Crippen LogP contribution in [0.15, 0.2) is 60.7 Å². The summed E-state index contributed by atoms with van der Waals surface area (Å²) in [6.07, 6.45) is 1.04. The van der Waals surface area contributed by atoms with Gasteiger partial charge in [-0.25, -0.2) is 13.2 Å². The smallest absolute Gasteiger partial charge is 0.348 e. The minimum Gasteiger partial charge on any atom is -0.465 e. The molecule has 0 atom stereocenters. The van der Waals surface area contributed by atoms with Gasteiger partial charge in [-0.1, -0.05) is 36.4 Å². The number of ether oxygens (including phenoxy) is 1. The van der Waals surface area contributed by atoms with Crippen LogP contribution in [-0.2, 0) is 14.8 Å². The van der Waals surface area contributed by atoms with Crippen LogP contribution in [0.4, 0.5) is 11.4 Å². The second-order valence-electron chi connectivity index (χ2n) is 6.12. The first-order valence-corrected chi connectivity index (χ1v) is 11.1. The van der Waals surface area contributed by atoms with E-state index in [-0.39, 0.29) is 0 Å². The highest BCUT2D eigenvalue weighted by Gasteiger charge is 2.21. The van der Waals surface area contributed by atoms with E-state index in [0.29, 0.717) is 26.7 Å². The Hall–Kier alpha value is -3.17. The van der Waals surface area contributed by atoms with E-state index in [2.05, 4.69) is 10.0 Å². The molecule has 0 spiro atoms. The van der Waals surface area contributed by atoms with E-state index in [0.717, 1.165) is 23.2 Å². The molecule has 0 bridgehead atoms. The summed E-state index contributed by atoms with van der Waals surface area (Å²) in [6.45, 7) is 0. The summed E-state index contributed by atoms with van der Waals surface area (Å²) in [6, 6.07) is 17.2. The van der Waals surface area contributed by atoms with E-state index in [1.54, 1.807) is 24.3 Å². The van der Waals surface area contributed by atoms with Gasteiger partial charge in [0.25, 0.3) is 5.91 Å². The number of hydrogen-bond acceptors (Lipinski definition) is 6. The van der Waals surface area contributed by atoms with Gasteiger partial charge in [0, 0.05) is 11.3 Å². The summed E-state index contributed by atoms with van der Waals surface area (Å²) >= 11 is 1.03. The SMILES string of the molecule is COC(=O)c1sc(C(=O)Nc2cccc(NS(C)(=O)=O)c2)cc1-c1ccccc1. The molecule has 0 aliphatic carbocycles. The Kier molecular flexibility index (Phi) is 6.00. The molecule has 0 aliphatic rings. The van der Waals surface area contributed by atoms with Crippen LogP contribution in [0.25, 0.3) is 11.1 Å². The van der Waals surface area contributed by atoms with Crippen LogP contribution >= 0.6 is 11.3 Å². The molecule has 150 valence electrons. The van der Waals surface area contributed by atoms with Gasteiger partial charge in [-0.3, -0.25) is 9.52 Å². The van der Waals surface area contributed by atoms with Crippen molar-refractivity contribution in [1.29, 1.82) is 0 Å². The molecule has 7 nitrogen and oxygen atoms in total. The average Bonchev–Trinajstić information content (AvgIpc) is 3.12. The summed E-state index contributed by atoms with van der Waals surface area (Å²) in [5, 5.41) is 2.72. The molecule has 3 aromatic rings. The van der Waals surface area contributed by atoms with Crippen molar-refractivity contribution in [1.82, 2.24) is 0 Å². The third kappa shape index (κ3) is 5.21. The van der Waals surface area contributed by atoms with Crippen molar-refractivity contribution in [3.05, 3.63) is 70.4 Å². The summed E-state index contributed by atoms with van der Waals surface area (Å²) in [7, 11) is -2.14. The van der Waals surface area contributed by atoms with Crippen molar-refractivity contribution >= 4 is 44.6 Å². The first-order chi connectivity index (χ1) is 13.8. The van der Waals surface area contributed by atoms with Crippen molar-refractivity contribution in [2.75, 3.05) is 23.4 Å². The van der Waals surface area contributed by atoms with Crippen LogP contribution in [0.3, 0.4) is 0 Å². The molecular weight excluding hydrogens is 412 g/mol. The van der Waals surface area contributed by atoms with Gasteiger partial charge in [-0.05, 0) is 29.8 Å². The molecule has 1 heterocycles. The molecule has 0 saturated carbocycles. The number of anilines is 2. The lowest BCUT2D eigenvalue weighted by Gasteiger charge is -2.07. The van der Waals surface area contributed by atoms with Gasteiger partial charge in [0.15, 0.2) is 0 Å². The zero-order valence-electron chi connectivity index (χ0n) is 15.6. The molecule has 3 rings (SSSR count). The van der Waals surface area contributed by atoms with Crippen LogP contribution < -0.4 is 10.0 Å². The second kappa shape index (κ2) is 8.46. The minimum absolute atomic E-state index is 0.325. The number of sulfonamides is 1. The fourth-order valence-corrected chi connectivity index (χ4v) is 4.20. The minimum atomic E-state index is -3.43. The third-order valence-electron chi connectivity index (χ3n) is 3.84. The maximum Gasteiger partial charge on any atom is 0.348 e. The zero-order valence-corrected chi connectivity index (χ0v) is 17.3. The van der Waals surface area contributed by atoms with Crippen LogP contribution in [-0.4, -0.2) is 33.7 Å². The van der Waals surface area contributed by atoms with Gasteiger partial charge in [0.2, 0.25) is 10.0 Å². The lowest BCUT2D eigenvalue weighted by Crippen LogP contribution is -2.12. The van der Waals surface area contributed by atoms with Crippen LogP contribution in [0, 0.1) is 0 Å². The summed E-state index contributed by atoms with van der Waals surface area (Å²) < 4.78 is 30.0. The highest BCUT2D eigenvalue weighted by Crippen LogP contribution is 2.32. The number of methoxy groups -OCH3 is 1. The molecular formula is C20H18N2O5S2. The van der Waals surface area contributed by atoms with Crippen LogP contribution in [0.1, 0.15) is 19.3 Å². The highest BCUT2D eigenvalue weighted by molar-refractivity contribution is 7.92. The predicted molar refractivity (Wildman–Crippen MR) is 114 cm³/mol.